The zero-order chi connectivity index (χ0) is 23.5. The number of aryl methyl sites for hydroxylation is 1. The molecule has 0 aliphatic rings. The molecular formula is C24H24ClNO5S. The summed E-state index contributed by atoms with van der Waals surface area (Å²) in [5.41, 5.74) is 4.35. The van der Waals surface area contributed by atoms with E-state index in [1.807, 2.05) is 49.0 Å². The van der Waals surface area contributed by atoms with Gasteiger partial charge in [-0.15, -0.1) is 0 Å². The van der Waals surface area contributed by atoms with Gasteiger partial charge in [0, 0.05) is 27.5 Å². The maximum atomic E-state index is 12.5. The number of benzene rings is 2. The molecule has 6 nitrogen and oxygen atoms in total. The Bertz CT molecular complexity index is 1060. The van der Waals surface area contributed by atoms with Gasteiger partial charge in [0.15, 0.2) is 5.76 Å². The molecule has 0 bridgehead atoms. The Labute approximate surface area is 196 Å². The highest BCUT2D eigenvalue weighted by molar-refractivity contribution is 7.98. The molecule has 32 heavy (non-hydrogen) atoms. The number of carbonyl (C=O) groups is 1. The van der Waals surface area contributed by atoms with Crippen molar-refractivity contribution in [1.82, 2.24) is 0 Å². The quantitative estimate of drug-likeness (QED) is 0.402. The van der Waals surface area contributed by atoms with Gasteiger partial charge in [-0.3, -0.25) is 5.32 Å². The van der Waals surface area contributed by atoms with E-state index in [1.165, 1.54) is 5.56 Å². The normalized spacial score (nSPS) is 11.0. The summed E-state index contributed by atoms with van der Waals surface area (Å²) in [4.78, 5) is 28.7. The van der Waals surface area contributed by atoms with Crippen LogP contribution in [0.2, 0.25) is 5.02 Å². The molecule has 3 aromatic rings. The second-order valence-electron chi connectivity index (χ2n) is 6.73. The lowest BCUT2D eigenvalue weighted by Gasteiger charge is -2.15. The lowest BCUT2D eigenvalue weighted by molar-refractivity contribution is -0.191. The Morgan fingerprint density at radius 3 is 2.47 bits per heavy atom. The summed E-state index contributed by atoms with van der Waals surface area (Å²) in [5, 5.41) is 3.39. The molecule has 8 heteroatoms. The number of halogens is 1. The third-order valence-corrected chi connectivity index (χ3v) is 5.81. The molecule has 0 aliphatic heterocycles. The number of rotatable bonds is 7. The molecular weight excluding hydrogens is 450 g/mol. The number of carbonyl (C=O) groups excluding carboxylic acids is 3. The van der Waals surface area contributed by atoms with E-state index in [0.29, 0.717) is 16.5 Å². The van der Waals surface area contributed by atoms with Crippen molar-refractivity contribution in [3.05, 3.63) is 76.5 Å². The highest BCUT2D eigenvalue weighted by Gasteiger charge is 2.19. The second-order valence-corrected chi connectivity index (χ2v) is 8.42. The van der Waals surface area contributed by atoms with E-state index >= 15 is 0 Å². The van der Waals surface area contributed by atoms with Crippen molar-refractivity contribution < 1.29 is 23.5 Å². The molecule has 2 aromatic carbocycles. The van der Waals surface area contributed by atoms with E-state index in [0.717, 1.165) is 28.2 Å². The third kappa shape index (κ3) is 7.02. The average molecular weight is 474 g/mol. The zero-order valence-corrected chi connectivity index (χ0v) is 19.6. The number of ether oxygens (including phenoxy) is 1. The predicted molar refractivity (Wildman–Crippen MR) is 126 cm³/mol. The Morgan fingerprint density at radius 1 is 1.19 bits per heavy atom. The van der Waals surface area contributed by atoms with Gasteiger partial charge in [0.2, 0.25) is 0 Å². The molecule has 0 spiro atoms. The lowest BCUT2D eigenvalue weighted by atomic mass is 10.1. The maximum Gasteiger partial charge on any atom is 0.412 e. The van der Waals surface area contributed by atoms with Gasteiger partial charge in [0.1, 0.15) is 6.10 Å². The van der Waals surface area contributed by atoms with Crippen LogP contribution in [-0.2, 0) is 20.1 Å². The molecule has 0 saturated heterocycles. The Morgan fingerprint density at radius 2 is 1.84 bits per heavy atom. The first-order valence-electron chi connectivity index (χ1n) is 9.87. The van der Waals surface area contributed by atoms with Gasteiger partial charge in [-0.05, 0) is 31.2 Å². The van der Waals surface area contributed by atoms with Crippen LogP contribution in [0.5, 0.6) is 0 Å². The fourth-order valence-electron chi connectivity index (χ4n) is 2.94. The first-order chi connectivity index (χ1) is 15.4. The van der Waals surface area contributed by atoms with E-state index in [-0.39, 0.29) is 6.15 Å². The molecule has 1 atom stereocenters. The summed E-state index contributed by atoms with van der Waals surface area (Å²) in [7, 11) is 0. The summed E-state index contributed by atoms with van der Waals surface area (Å²) in [6.07, 6.45) is 0.845. The zero-order valence-electron chi connectivity index (χ0n) is 18.0. The molecule has 0 fully saturated rings. The van der Waals surface area contributed by atoms with Crippen molar-refractivity contribution in [1.29, 1.82) is 0 Å². The molecule has 1 aromatic heterocycles. The van der Waals surface area contributed by atoms with Gasteiger partial charge in [0.05, 0.1) is 12.0 Å². The number of nitrogens with one attached hydrogen (secondary N) is 1. The fourth-order valence-corrected chi connectivity index (χ4v) is 3.87. The highest BCUT2D eigenvalue weighted by atomic mass is 35.5. The van der Waals surface area contributed by atoms with Crippen molar-refractivity contribution >= 4 is 41.3 Å². The summed E-state index contributed by atoms with van der Waals surface area (Å²) in [6, 6.07) is 15.5. The van der Waals surface area contributed by atoms with Crippen LogP contribution in [0.3, 0.4) is 0 Å². The van der Waals surface area contributed by atoms with Crippen molar-refractivity contribution in [2.45, 2.75) is 32.6 Å². The van der Waals surface area contributed by atoms with Gasteiger partial charge in [-0.2, -0.15) is 21.4 Å². The van der Waals surface area contributed by atoms with Gasteiger partial charge < -0.3 is 9.15 Å². The van der Waals surface area contributed by atoms with Crippen LogP contribution in [0.15, 0.2) is 59.2 Å². The van der Waals surface area contributed by atoms with Crippen LogP contribution in [0, 0.1) is 6.92 Å². The summed E-state index contributed by atoms with van der Waals surface area (Å²) in [5.74, 6) is 2.67. The number of hydrogen-bond acceptors (Lipinski definition) is 6. The number of anilines is 1. The highest BCUT2D eigenvalue weighted by Crippen LogP contribution is 2.34. The fraction of sp³-hybridized carbons (Fsp3) is 0.250. The Balaban J connectivity index is 0.00000114. The Kier molecular flexibility index (Phi) is 10.1. The van der Waals surface area contributed by atoms with Crippen LogP contribution in [0.25, 0.3) is 11.3 Å². The largest absolute Gasteiger partial charge is 0.462 e. The van der Waals surface area contributed by atoms with Crippen molar-refractivity contribution in [2.75, 3.05) is 11.1 Å². The van der Waals surface area contributed by atoms with Crippen LogP contribution in [0.1, 0.15) is 36.6 Å². The second kappa shape index (κ2) is 12.8. The molecule has 1 unspecified atom stereocenters. The summed E-state index contributed by atoms with van der Waals surface area (Å²) >= 11 is 8.07. The van der Waals surface area contributed by atoms with Crippen LogP contribution >= 0.6 is 23.4 Å². The van der Waals surface area contributed by atoms with Crippen LogP contribution < -0.4 is 5.32 Å². The monoisotopic (exact) mass is 473 g/mol. The molecule has 168 valence electrons. The molecule has 0 aliphatic carbocycles. The number of hydrogen-bond donors (Lipinski definition) is 1. The van der Waals surface area contributed by atoms with Gasteiger partial charge in [0.25, 0.3) is 0 Å². The first-order valence-corrected chi connectivity index (χ1v) is 11.4. The van der Waals surface area contributed by atoms with Crippen molar-refractivity contribution in [2.24, 2.45) is 0 Å². The first kappa shape index (κ1) is 25.3. The molecule has 0 saturated carbocycles. The van der Waals surface area contributed by atoms with E-state index in [4.69, 9.17) is 30.3 Å². The minimum Gasteiger partial charge on any atom is -0.462 e. The molecule has 3 rings (SSSR count). The molecule has 1 heterocycles. The standard InChI is InChI=1S/C23H24ClNO3S.CO2/c1-4-29-14-17-9-11-18(12-10-17)22-21(15(2)13-27-22)25-23(26)28-16(3)19-7-5-6-8-20(19)24;2-1-3/h5-13,16H,4,14H2,1-3H3,(H,25,26);. The van der Waals surface area contributed by atoms with Crippen LogP contribution in [0.4, 0.5) is 10.5 Å². The topological polar surface area (TPSA) is 85.6 Å². The summed E-state index contributed by atoms with van der Waals surface area (Å²) in [6.45, 7) is 5.82. The smallest absolute Gasteiger partial charge is 0.412 e. The lowest BCUT2D eigenvalue weighted by Crippen LogP contribution is -2.16. The van der Waals surface area contributed by atoms with E-state index in [1.54, 1.807) is 19.3 Å². The predicted octanol–water partition coefficient (Wildman–Crippen LogP) is 6.89. The molecule has 0 radical (unpaired) electrons. The minimum absolute atomic E-state index is 0.250. The van der Waals surface area contributed by atoms with Crippen molar-refractivity contribution in [3.8, 4) is 11.3 Å². The number of amides is 1. The van der Waals surface area contributed by atoms with Gasteiger partial charge in [-0.1, -0.05) is 61.0 Å². The average Bonchev–Trinajstić information content (AvgIpc) is 3.13. The SMILES string of the molecule is CCSCc1ccc(-c2occ(C)c2NC(=O)OC(C)c2ccccc2Cl)cc1.O=C=O. The maximum absolute atomic E-state index is 12.5. The van der Waals surface area contributed by atoms with Gasteiger partial charge in [-0.25, -0.2) is 4.79 Å². The van der Waals surface area contributed by atoms with Crippen molar-refractivity contribution in [3.63, 3.8) is 0 Å². The molecule has 1 N–H and O–H groups in total. The van der Waals surface area contributed by atoms with E-state index in [2.05, 4.69) is 24.4 Å². The number of thioether (sulfide) groups is 1. The van der Waals surface area contributed by atoms with Crippen LogP contribution in [-0.4, -0.2) is 18.0 Å². The summed E-state index contributed by atoms with van der Waals surface area (Å²) < 4.78 is 11.2. The minimum atomic E-state index is -0.556. The van der Waals surface area contributed by atoms with E-state index in [9.17, 15) is 4.79 Å². The van der Waals surface area contributed by atoms with Gasteiger partial charge >= 0.3 is 12.2 Å². The number of furan rings is 1. The Hall–Kier alpha value is -2.99. The van der Waals surface area contributed by atoms with E-state index < -0.39 is 12.2 Å². The molecule has 1 amide bonds. The third-order valence-electron chi connectivity index (χ3n) is 4.52.